The molecule has 1 heterocycles. The number of hydrogen-bond donors (Lipinski definition) is 2. The van der Waals surface area contributed by atoms with Crippen molar-refractivity contribution in [2.75, 3.05) is 37.7 Å². The Labute approximate surface area is 178 Å². The lowest BCUT2D eigenvalue weighted by Gasteiger charge is -2.30. The molecule has 1 saturated heterocycles. The highest BCUT2D eigenvalue weighted by Gasteiger charge is 2.24. The summed E-state index contributed by atoms with van der Waals surface area (Å²) in [5, 5.41) is 13.9. The number of nitrogens with zero attached hydrogens (tertiary/aromatic N) is 2. The zero-order valence-corrected chi connectivity index (χ0v) is 16.8. The number of non-ortho nitro benzene ring substituents is 1. The van der Waals surface area contributed by atoms with Crippen LogP contribution in [-0.4, -0.2) is 49.6 Å². The average molecular weight is 430 g/mol. The van der Waals surface area contributed by atoms with E-state index in [1.54, 1.807) is 18.2 Å². The number of hydrogen-bond acceptors (Lipinski definition) is 6. The van der Waals surface area contributed by atoms with Gasteiger partial charge in [-0.1, -0.05) is 12.1 Å². The van der Waals surface area contributed by atoms with Gasteiger partial charge in [0.1, 0.15) is 5.82 Å². The molecule has 2 amide bonds. The van der Waals surface area contributed by atoms with Crippen LogP contribution in [0.3, 0.4) is 0 Å². The fourth-order valence-electron chi connectivity index (χ4n) is 3.39. The van der Waals surface area contributed by atoms with Gasteiger partial charge in [-0.05, 0) is 30.2 Å². The number of ether oxygens (including phenoxy) is 1. The van der Waals surface area contributed by atoms with Crippen LogP contribution in [0, 0.1) is 21.8 Å². The Hall–Kier alpha value is -3.53. The molecule has 9 nitrogen and oxygen atoms in total. The molecule has 1 aliphatic heterocycles. The quantitative estimate of drug-likeness (QED) is 0.484. The summed E-state index contributed by atoms with van der Waals surface area (Å²) in [5.74, 6) is -2.28. The number of benzene rings is 2. The number of anilines is 1. The Balaban J connectivity index is 1.76. The maximum Gasteiger partial charge on any atom is 0.270 e. The third kappa shape index (κ3) is 5.76. The number of rotatable bonds is 8. The Morgan fingerprint density at radius 2 is 1.87 bits per heavy atom. The first-order chi connectivity index (χ1) is 14.8. The highest BCUT2D eigenvalue weighted by Crippen LogP contribution is 2.26. The molecule has 0 saturated carbocycles. The van der Waals surface area contributed by atoms with Crippen molar-refractivity contribution < 1.29 is 23.6 Å². The van der Waals surface area contributed by atoms with E-state index in [1.807, 2.05) is 4.90 Å². The van der Waals surface area contributed by atoms with E-state index in [0.717, 1.165) is 0 Å². The van der Waals surface area contributed by atoms with Crippen molar-refractivity contribution in [2.24, 2.45) is 11.7 Å². The molecule has 1 atom stereocenters. The molecule has 2 aromatic rings. The van der Waals surface area contributed by atoms with Gasteiger partial charge in [0.15, 0.2) is 0 Å². The van der Waals surface area contributed by atoms with E-state index in [2.05, 4.69) is 5.32 Å². The lowest BCUT2D eigenvalue weighted by atomic mass is 9.98. The van der Waals surface area contributed by atoms with E-state index in [0.29, 0.717) is 37.6 Å². The second-order valence-electron chi connectivity index (χ2n) is 7.20. The van der Waals surface area contributed by atoms with Crippen LogP contribution in [-0.2, 0) is 16.0 Å². The van der Waals surface area contributed by atoms with Gasteiger partial charge >= 0.3 is 0 Å². The molecule has 10 heteroatoms. The van der Waals surface area contributed by atoms with E-state index in [1.165, 1.54) is 24.3 Å². The predicted molar refractivity (Wildman–Crippen MR) is 111 cm³/mol. The zero-order chi connectivity index (χ0) is 22.4. The topological polar surface area (TPSA) is 128 Å². The Morgan fingerprint density at radius 3 is 2.48 bits per heavy atom. The molecule has 3 rings (SSSR count). The monoisotopic (exact) mass is 430 g/mol. The van der Waals surface area contributed by atoms with E-state index in [9.17, 15) is 24.1 Å². The van der Waals surface area contributed by atoms with Gasteiger partial charge in [0.2, 0.25) is 5.91 Å². The van der Waals surface area contributed by atoms with E-state index >= 15 is 0 Å². The maximum absolute atomic E-state index is 13.1. The number of carbonyl (C=O) groups excluding carboxylic acids is 2. The van der Waals surface area contributed by atoms with E-state index in [-0.39, 0.29) is 24.2 Å². The highest BCUT2D eigenvalue weighted by molar-refractivity contribution is 6.00. The van der Waals surface area contributed by atoms with Gasteiger partial charge in [0.05, 0.1) is 35.3 Å². The van der Waals surface area contributed by atoms with Crippen LogP contribution < -0.4 is 16.0 Å². The third-order valence-corrected chi connectivity index (χ3v) is 5.09. The Bertz CT molecular complexity index is 961. The number of carbonyl (C=O) groups is 2. The molecule has 1 unspecified atom stereocenters. The van der Waals surface area contributed by atoms with Gasteiger partial charge < -0.3 is 20.7 Å². The minimum absolute atomic E-state index is 0.0587. The van der Waals surface area contributed by atoms with Crippen LogP contribution in [0.25, 0.3) is 0 Å². The molecule has 0 aromatic heterocycles. The van der Waals surface area contributed by atoms with Gasteiger partial charge in [-0.25, -0.2) is 4.39 Å². The first-order valence-electron chi connectivity index (χ1n) is 9.78. The molecule has 0 radical (unpaired) electrons. The van der Waals surface area contributed by atoms with Crippen molar-refractivity contribution in [1.29, 1.82) is 0 Å². The molecule has 1 fully saturated rings. The fraction of sp³-hybridized carbons (Fsp3) is 0.333. The molecule has 1 aliphatic rings. The first-order valence-corrected chi connectivity index (χ1v) is 9.78. The number of nitro benzene ring substituents is 1. The lowest BCUT2D eigenvalue weighted by Crippen LogP contribution is -2.40. The van der Waals surface area contributed by atoms with Crippen LogP contribution in [0.15, 0.2) is 42.5 Å². The van der Waals surface area contributed by atoms with E-state index in [4.69, 9.17) is 10.5 Å². The summed E-state index contributed by atoms with van der Waals surface area (Å²) in [5.41, 5.74) is 6.66. The summed E-state index contributed by atoms with van der Waals surface area (Å²) >= 11 is 0. The van der Waals surface area contributed by atoms with Gasteiger partial charge in [0, 0.05) is 31.8 Å². The van der Waals surface area contributed by atoms with Crippen LogP contribution in [0.1, 0.15) is 15.9 Å². The van der Waals surface area contributed by atoms with Gasteiger partial charge in [-0.15, -0.1) is 0 Å². The SMILES string of the molecule is NC(=O)C(CNC(=O)c1cc([N+](=O)[O-])ccc1N1CCOCC1)Cc1ccc(F)cc1. The van der Waals surface area contributed by atoms with Crippen LogP contribution in [0.2, 0.25) is 0 Å². The van der Waals surface area contributed by atoms with Crippen LogP contribution >= 0.6 is 0 Å². The number of halogens is 1. The normalized spacial score (nSPS) is 14.7. The van der Waals surface area contributed by atoms with Crippen molar-refractivity contribution in [3.63, 3.8) is 0 Å². The van der Waals surface area contributed by atoms with Crippen molar-refractivity contribution in [2.45, 2.75) is 6.42 Å². The van der Waals surface area contributed by atoms with Crippen molar-refractivity contribution >= 4 is 23.2 Å². The summed E-state index contributed by atoms with van der Waals surface area (Å²) in [6.07, 6.45) is 0.223. The molecular weight excluding hydrogens is 407 g/mol. The lowest BCUT2D eigenvalue weighted by molar-refractivity contribution is -0.384. The number of amides is 2. The number of nitrogens with two attached hydrogens (primary N) is 1. The number of nitro groups is 1. The number of nitrogens with one attached hydrogen (secondary N) is 1. The van der Waals surface area contributed by atoms with Gasteiger partial charge in [0.25, 0.3) is 11.6 Å². The summed E-state index contributed by atoms with van der Waals surface area (Å²) in [6, 6.07) is 9.77. The first kappa shape index (κ1) is 22.2. The third-order valence-electron chi connectivity index (χ3n) is 5.09. The molecular formula is C21H23FN4O5. The van der Waals surface area contributed by atoms with Crippen molar-refractivity contribution in [3.05, 3.63) is 69.5 Å². The average Bonchev–Trinajstić information content (AvgIpc) is 2.77. The zero-order valence-electron chi connectivity index (χ0n) is 16.8. The second kappa shape index (κ2) is 9.98. The molecule has 3 N–H and O–H groups in total. The molecule has 0 aliphatic carbocycles. The smallest absolute Gasteiger partial charge is 0.270 e. The molecule has 0 bridgehead atoms. The van der Waals surface area contributed by atoms with E-state index < -0.39 is 28.5 Å². The summed E-state index contributed by atoms with van der Waals surface area (Å²) in [4.78, 5) is 37.3. The van der Waals surface area contributed by atoms with Crippen LogP contribution in [0.4, 0.5) is 15.8 Å². The van der Waals surface area contributed by atoms with Crippen LogP contribution in [0.5, 0.6) is 0 Å². The van der Waals surface area contributed by atoms with Crippen molar-refractivity contribution in [1.82, 2.24) is 5.32 Å². The maximum atomic E-state index is 13.1. The largest absolute Gasteiger partial charge is 0.378 e. The molecule has 0 spiro atoms. The predicted octanol–water partition coefficient (Wildman–Crippen LogP) is 1.64. The number of primary amides is 1. The second-order valence-corrected chi connectivity index (χ2v) is 7.20. The summed E-state index contributed by atoms with van der Waals surface area (Å²) in [6.45, 7) is 2.01. The summed E-state index contributed by atoms with van der Waals surface area (Å²) in [7, 11) is 0. The fourth-order valence-corrected chi connectivity index (χ4v) is 3.39. The highest BCUT2D eigenvalue weighted by atomic mass is 19.1. The number of morpholine rings is 1. The van der Waals surface area contributed by atoms with Gasteiger partial charge in [-0.2, -0.15) is 0 Å². The summed E-state index contributed by atoms with van der Waals surface area (Å²) < 4.78 is 18.4. The van der Waals surface area contributed by atoms with Crippen molar-refractivity contribution in [3.8, 4) is 0 Å². The molecule has 2 aromatic carbocycles. The molecule has 31 heavy (non-hydrogen) atoms. The minimum atomic E-state index is -0.722. The Kier molecular flexibility index (Phi) is 7.14. The standard InChI is InChI=1S/C21H23FN4O5/c22-16-3-1-14(2-4-16)11-15(20(23)27)13-24-21(28)18-12-17(26(29)30)5-6-19(18)25-7-9-31-10-8-25/h1-6,12,15H,7-11,13H2,(H2,23,27)(H,24,28). The Morgan fingerprint density at radius 1 is 1.19 bits per heavy atom. The molecule has 164 valence electrons. The minimum Gasteiger partial charge on any atom is -0.378 e. The van der Waals surface area contributed by atoms with Gasteiger partial charge in [-0.3, -0.25) is 19.7 Å².